The van der Waals surface area contributed by atoms with Gasteiger partial charge in [0.15, 0.2) is 0 Å². The predicted octanol–water partition coefficient (Wildman–Crippen LogP) is 0.728. The molecule has 13 heavy (non-hydrogen) atoms. The van der Waals surface area contributed by atoms with E-state index in [0.717, 1.165) is 18.8 Å². The number of hydrogen-bond donors (Lipinski definition) is 1. The molecule has 0 aliphatic carbocycles. The van der Waals surface area contributed by atoms with Gasteiger partial charge in [0, 0.05) is 25.7 Å². The molecule has 1 atom stereocenters. The lowest BCUT2D eigenvalue weighted by Crippen LogP contribution is -2.35. The molecular formula is C10H12N2O. The van der Waals surface area contributed by atoms with Crippen molar-refractivity contribution in [3.05, 3.63) is 30.1 Å². The molecule has 1 fully saturated rings. The Bertz CT molecular complexity index is 297. The molecule has 3 nitrogen and oxygen atoms in total. The maximum atomic E-state index is 11.5. The third kappa shape index (κ3) is 1.75. The third-order valence-corrected chi connectivity index (χ3v) is 2.33. The summed E-state index contributed by atoms with van der Waals surface area (Å²) < 4.78 is 0. The largest absolute Gasteiger partial charge is 0.315 e. The Kier molecular flexibility index (Phi) is 2.36. The van der Waals surface area contributed by atoms with E-state index < -0.39 is 0 Å². The number of piperidine rings is 1. The fourth-order valence-corrected chi connectivity index (χ4v) is 1.60. The van der Waals surface area contributed by atoms with Crippen LogP contribution in [0.3, 0.4) is 0 Å². The van der Waals surface area contributed by atoms with E-state index >= 15 is 0 Å². The van der Waals surface area contributed by atoms with Crippen molar-refractivity contribution in [3.63, 3.8) is 0 Å². The monoisotopic (exact) mass is 176 g/mol. The molecule has 1 N–H and O–H groups in total. The molecule has 1 aromatic rings. The number of ketones is 1. The lowest BCUT2D eigenvalue weighted by molar-refractivity contribution is -0.121. The van der Waals surface area contributed by atoms with E-state index in [2.05, 4.69) is 10.3 Å². The van der Waals surface area contributed by atoms with Crippen molar-refractivity contribution >= 4 is 5.78 Å². The average molecular weight is 176 g/mol. The standard InChI is InChI=1S/C10H12N2O/c13-10-4-6-11-7-8(10)9-3-1-2-5-12-9/h1-3,5,8,11H,4,6-7H2. The van der Waals surface area contributed by atoms with Crippen LogP contribution in [0.2, 0.25) is 0 Å². The van der Waals surface area contributed by atoms with Gasteiger partial charge >= 0.3 is 0 Å². The molecule has 0 aromatic carbocycles. The van der Waals surface area contributed by atoms with Crippen LogP contribution in [0.15, 0.2) is 24.4 Å². The van der Waals surface area contributed by atoms with Crippen LogP contribution in [0.1, 0.15) is 18.0 Å². The average Bonchev–Trinajstić information content (AvgIpc) is 2.20. The molecule has 0 saturated carbocycles. The van der Waals surface area contributed by atoms with E-state index in [9.17, 15) is 4.79 Å². The topological polar surface area (TPSA) is 42.0 Å². The minimum atomic E-state index is -0.0325. The van der Waals surface area contributed by atoms with Crippen LogP contribution in [0.4, 0.5) is 0 Å². The fourth-order valence-electron chi connectivity index (χ4n) is 1.60. The minimum Gasteiger partial charge on any atom is -0.315 e. The van der Waals surface area contributed by atoms with Gasteiger partial charge in [-0.05, 0) is 12.1 Å². The summed E-state index contributed by atoms with van der Waals surface area (Å²) in [6.07, 6.45) is 2.36. The lowest BCUT2D eigenvalue weighted by Gasteiger charge is -2.20. The molecular weight excluding hydrogens is 164 g/mol. The van der Waals surface area contributed by atoms with Gasteiger partial charge in [0.25, 0.3) is 0 Å². The summed E-state index contributed by atoms with van der Waals surface area (Å²) in [5, 5.41) is 3.20. The summed E-state index contributed by atoms with van der Waals surface area (Å²) in [6.45, 7) is 1.54. The van der Waals surface area contributed by atoms with Crippen LogP contribution >= 0.6 is 0 Å². The number of Topliss-reactive ketones (excluding diaryl/α,β-unsaturated/α-hetero) is 1. The zero-order valence-corrected chi connectivity index (χ0v) is 7.36. The van der Waals surface area contributed by atoms with Crippen LogP contribution < -0.4 is 5.32 Å². The molecule has 68 valence electrons. The first-order chi connectivity index (χ1) is 6.38. The van der Waals surface area contributed by atoms with Crippen molar-refractivity contribution in [2.24, 2.45) is 0 Å². The van der Waals surface area contributed by atoms with E-state index in [1.54, 1.807) is 6.20 Å². The molecule has 1 aromatic heterocycles. The van der Waals surface area contributed by atoms with E-state index in [-0.39, 0.29) is 5.92 Å². The van der Waals surface area contributed by atoms with E-state index in [0.29, 0.717) is 12.2 Å². The zero-order valence-electron chi connectivity index (χ0n) is 7.36. The van der Waals surface area contributed by atoms with Crippen LogP contribution in [0.25, 0.3) is 0 Å². The molecule has 1 aliphatic heterocycles. The summed E-state index contributed by atoms with van der Waals surface area (Å²) in [5.74, 6) is 0.271. The van der Waals surface area contributed by atoms with Gasteiger partial charge in [0.2, 0.25) is 0 Å². The van der Waals surface area contributed by atoms with Crippen molar-refractivity contribution in [2.75, 3.05) is 13.1 Å². The summed E-state index contributed by atoms with van der Waals surface area (Å²) in [5.41, 5.74) is 0.889. The van der Waals surface area contributed by atoms with Gasteiger partial charge in [-0.2, -0.15) is 0 Å². The first kappa shape index (κ1) is 8.38. The second-order valence-corrected chi connectivity index (χ2v) is 3.23. The summed E-state index contributed by atoms with van der Waals surface area (Å²) in [6, 6.07) is 5.70. The lowest BCUT2D eigenvalue weighted by atomic mass is 9.94. The quantitative estimate of drug-likeness (QED) is 0.685. The number of carbonyl (C=O) groups is 1. The first-order valence-corrected chi connectivity index (χ1v) is 4.52. The fraction of sp³-hybridized carbons (Fsp3) is 0.400. The van der Waals surface area contributed by atoms with E-state index in [1.807, 2.05) is 18.2 Å². The highest BCUT2D eigenvalue weighted by molar-refractivity contribution is 5.86. The Hall–Kier alpha value is -1.22. The SMILES string of the molecule is O=C1CCNCC1c1ccccn1. The van der Waals surface area contributed by atoms with E-state index in [1.165, 1.54) is 0 Å². The van der Waals surface area contributed by atoms with Crippen molar-refractivity contribution in [2.45, 2.75) is 12.3 Å². The Morgan fingerprint density at radius 2 is 2.38 bits per heavy atom. The molecule has 2 heterocycles. The van der Waals surface area contributed by atoms with Crippen LogP contribution in [0, 0.1) is 0 Å². The highest BCUT2D eigenvalue weighted by atomic mass is 16.1. The molecule has 0 spiro atoms. The van der Waals surface area contributed by atoms with Crippen LogP contribution in [-0.4, -0.2) is 23.9 Å². The second kappa shape index (κ2) is 3.66. The van der Waals surface area contributed by atoms with Crippen LogP contribution in [-0.2, 0) is 4.79 Å². The summed E-state index contributed by atoms with van der Waals surface area (Å²) in [7, 11) is 0. The molecule has 1 saturated heterocycles. The highest BCUT2D eigenvalue weighted by Crippen LogP contribution is 2.17. The molecule has 0 amide bonds. The molecule has 3 heteroatoms. The molecule has 0 radical (unpaired) electrons. The van der Waals surface area contributed by atoms with Gasteiger partial charge < -0.3 is 5.32 Å². The van der Waals surface area contributed by atoms with Crippen molar-refractivity contribution in [1.29, 1.82) is 0 Å². The molecule has 0 bridgehead atoms. The van der Waals surface area contributed by atoms with Gasteiger partial charge in [-0.25, -0.2) is 0 Å². The third-order valence-electron chi connectivity index (χ3n) is 2.33. The van der Waals surface area contributed by atoms with Gasteiger partial charge in [-0.3, -0.25) is 9.78 Å². The normalized spacial score (nSPS) is 23.1. The van der Waals surface area contributed by atoms with E-state index in [4.69, 9.17) is 0 Å². The van der Waals surface area contributed by atoms with Gasteiger partial charge in [0.05, 0.1) is 11.6 Å². The molecule has 1 aliphatic rings. The Labute approximate surface area is 77.2 Å². The predicted molar refractivity (Wildman–Crippen MR) is 49.5 cm³/mol. The molecule has 1 unspecified atom stereocenters. The highest BCUT2D eigenvalue weighted by Gasteiger charge is 2.23. The number of pyridine rings is 1. The maximum absolute atomic E-state index is 11.5. The Morgan fingerprint density at radius 3 is 3.08 bits per heavy atom. The summed E-state index contributed by atoms with van der Waals surface area (Å²) >= 11 is 0. The van der Waals surface area contributed by atoms with Crippen molar-refractivity contribution in [3.8, 4) is 0 Å². The van der Waals surface area contributed by atoms with Crippen molar-refractivity contribution < 1.29 is 4.79 Å². The molecule has 2 rings (SSSR count). The number of nitrogens with zero attached hydrogens (tertiary/aromatic N) is 1. The number of nitrogens with one attached hydrogen (secondary N) is 1. The second-order valence-electron chi connectivity index (χ2n) is 3.23. The smallest absolute Gasteiger partial charge is 0.144 e. The zero-order chi connectivity index (χ0) is 9.10. The number of rotatable bonds is 1. The van der Waals surface area contributed by atoms with Crippen molar-refractivity contribution in [1.82, 2.24) is 10.3 Å². The number of hydrogen-bond acceptors (Lipinski definition) is 3. The van der Waals surface area contributed by atoms with Crippen LogP contribution in [0.5, 0.6) is 0 Å². The number of carbonyl (C=O) groups excluding carboxylic acids is 1. The minimum absolute atomic E-state index is 0.0325. The first-order valence-electron chi connectivity index (χ1n) is 4.52. The Balaban J connectivity index is 2.20. The van der Waals surface area contributed by atoms with Gasteiger partial charge in [0.1, 0.15) is 5.78 Å². The Morgan fingerprint density at radius 1 is 1.46 bits per heavy atom. The maximum Gasteiger partial charge on any atom is 0.144 e. The summed E-state index contributed by atoms with van der Waals surface area (Å²) in [4.78, 5) is 15.7. The van der Waals surface area contributed by atoms with Gasteiger partial charge in [-0.1, -0.05) is 6.07 Å². The number of aromatic nitrogens is 1. The van der Waals surface area contributed by atoms with Gasteiger partial charge in [-0.15, -0.1) is 0 Å².